The van der Waals surface area contributed by atoms with Crippen LogP contribution in [-0.2, 0) is 6.42 Å². The van der Waals surface area contributed by atoms with Crippen molar-refractivity contribution in [2.24, 2.45) is 10.7 Å². The van der Waals surface area contributed by atoms with Crippen molar-refractivity contribution in [3.8, 4) is 0 Å². The molecule has 1 aliphatic rings. The highest BCUT2D eigenvalue weighted by Crippen LogP contribution is 2.31. The molecule has 0 radical (unpaired) electrons. The fraction of sp³-hybridized carbons (Fsp3) is 0.152. The van der Waals surface area contributed by atoms with Crippen molar-refractivity contribution in [2.75, 3.05) is 5.32 Å². The number of thiophene rings is 1. The quantitative estimate of drug-likeness (QED) is 0.0843. The summed E-state index contributed by atoms with van der Waals surface area (Å²) in [6.07, 6.45) is 9.81. The van der Waals surface area contributed by atoms with Gasteiger partial charge in [0, 0.05) is 27.6 Å². The van der Waals surface area contributed by atoms with Crippen LogP contribution in [0, 0.1) is 5.41 Å². The van der Waals surface area contributed by atoms with Gasteiger partial charge in [0.1, 0.15) is 15.5 Å². The molecule has 1 amide bonds. The van der Waals surface area contributed by atoms with Gasteiger partial charge in [-0.2, -0.15) is 0 Å². The van der Waals surface area contributed by atoms with Gasteiger partial charge in [0.15, 0.2) is 0 Å². The lowest BCUT2D eigenvalue weighted by Gasteiger charge is -2.17. The Morgan fingerprint density at radius 1 is 1.02 bits per heavy atom. The number of aromatic nitrogens is 1. The van der Waals surface area contributed by atoms with Crippen LogP contribution in [0.4, 0.5) is 5.69 Å². The lowest BCUT2D eigenvalue weighted by Crippen LogP contribution is -2.18. The number of para-hydroxylation sites is 1. The summed E-state index contributed by atoms with van der Waals surface area (Å²) in [6, 6.07) is 25.6. The summed E-state index contributed by atoms with van der Waals surface area (Å²) in [5, 5.41) is 12.9. The second-order valence-corrected chi connectivity index (χ2v) is 13.1. The van der Waals surface area contributed by atoms with E-state index in [2.05, 4.69) is 33.2 Å². The summed E-state index contributed by atoms with van der Waals surface area (Å²) < 4.78 is 5.62. The Labute approximate surface area is 261 Å². The zero-order valence-electron chi connectivity index (χ0n) is 23.2. The highest BCUT2D eigenvalue weighted by molar-refractivity contribution is 7.97. The summed E-state index contributed by atoms with van der Waals surface area (Å²) >= 11 is 4.58. The van der Waals surface area contributed by atoms with Gasteiger partial charge in [-0.3, -0.25) is 10.2 Å². The zero-order chi connectivity index (χ0) is 29.6. The first-order valence-electron chi connectivity index (χ1n) is 14.0. The summed E-state index contributed by atoms with van der Waals surface area (Å²) in [5.41, 5.74) is 9.21. The molecule has 0 fully saturated rings. The average Bonchev–Trinajstić information content (AvgIpc) is 3.65. The number of nitrogens with one attached hydrogen (secondary N) is 3. The molecular formula is C33H30N6OS3. The maximum atomic E-state index is 13.2. The molecule has 1 unspecified atom stereocenters. The Kier molecular flexibility index (Phi) is 9.09. The van der Waals surface area contributed by atoms with Gasteiger partial charge >= 0.3 is 0 Å². The number of thiazole rings is 1. The number of hydrogen-bond donors (Lipinski definition) is 4. The number of anilines is 1. The summed E-state index contributed by atoms with van der Waals surface area (Å²) in [7, 11) is 0. The Morgan fingerprint density at radius 3 is 2.79 bits per heavy atom. The zero-order valence-corrected chi connectivity index (χ0v) is 25.7. The smallest absolute Gasteiger partial charge is 0.265 e. The second kappa shape index (κ2) is 13.5. The Morgan fingerprint density at radius 2 is 1.91 bits per heavy atom. The number of nitrogen functional groups attached to an aromatic ring is 1. The monoisotopic (exact) mass is 622 g/mol. The lowest BCUT2D eigenvalue weighted by atomic mass is 10.0. The molecule has 6 rings (SSSR count). The van der Waals surface area contributed by atoms with E-state index in [0.29, 0.717) is 16.9 Å². The molecule has 5 aromatic rings. The van der Waals surface area contributed by atoms with Crippen LogP contribution >= 0.6 is 34.6 Å². The summed E-state index contributed by atoms with van der Waals surface area (Å²) in [4.78, 5) is 24.2. The maximum absolute atomic E-state index is 13.2. The SMILES string of the molecule is N=C(N)c1cccc(CC(NSc2cccc(NC(=O)c3cc4/c(s3)=N\C=C/CCC\C=4)c2)c2nc3ccccc3s2)c1. The van der Waals surface area contributed by atoms with Gasteiger partial charge < -0.3 is 11.1 Å². The number of carbonyl (C=O) groups is 1. The highest BCUT2D eigenvalue weighted by atomic mass is 32.2. The molecule has 1 atom stereocenters. The fourth-order valence-electron chi connectivity index (χ4n) is 4.73. The van der Waals surface area contributed by atoms with Crippen LogP contribution in [0.3, 0.4) is 0 Å². The van der Waals surface area contributed by atoms with Gasteiger partial charge in [-0.15, -0.1) is 22.7 Å². The minimum Gasteiger partial charge on any atom is -0.384 e. The predicted molar refractivity (Wildman–Crippen MR) is 179 cm³/mol. The molecule has 0 aliphatic carbocycles. The van der Waals surface area contributed by atoms with E-state index in [0.717, 1.165) is 60.5 Å². The van der Waals surface area contributed by atoms with Crippen molar-refractivity contribution >= 4 is 68.3 Å². The number of fused-ring (bicyclic) bond motifs is 2. The van der Waals surface area contributed by atoms with E-state index in [4.69, 9.17) is 16.1 Å². The van der Waals surface area contributed by atoms with E-state index in [9.17, 15) is 4.79 Å². The molecule has 5 N–H and O–H groups in total. The normalized spacial score (nSPS) is 15.9. The second-order valence-electron chi connectivity index (χ2n) is 10.1. The average molecular weight is 623 g/mol. The Bertz CT molecular complexity index is 1910. The third-order valence-electron chi connectivity index (χ3n) is 6.90. The topological polar surface area (TPSA) is 116 Å². The van der Waals surface area contributed by atoms with E-state index in [1.807, 2.05) is 79.0 Å². The van der Waals surface area contributed by atoms with Crippen molar-refractivity contribution in [3.63, 3.8) is 0 Å². The highest BCUT2D eigenvalue weighted by Gasteiger charge is 2.18. The first-order valence-corrected chi connectivity index (χ1v) is 16.4. The van der Waals surface area contributed by atoms with Crippen LogP contribution in [0.2, 0.25) is 0 Å². The van der Waals surface area contributed by atoms with Crippen molar-refractivity contribution in [2.45, 2.75) is 36.6 Å². The van der Waals surface area contributed by atoms with Crippen LogP contribution in [0.5, 0.6) is 0 Å². The molecular weight excluding hydrogens is 593 g/mol. The molecule has 7 nitrogen and oxygen atoms in total. The van der Waals surface area contributed by atoms with Gasteiger partial charge in [-0.25, -0.2) is 14.7 Å². The molecule has 0 saturated carbocycles. The minimum atomic E-state index is -0.144. The van der Waals surface area contributed by atoms with Crippen LogP contribution in [-0.4, -0.2) is 16.7 Å². The van der Waals surface area contributed by atoms with Crippen LogP contribution in [0.25, 0.3) is 16.3 Å². The molecule has 10 heteroatoms. The molecule has 3 heterocycles. The number of rotatable bonds is 9. The number of amides is 1. The number of allylic oxidation sites excluding steroid dienone is 1. The number of hydrogen-bond acceptors (Lipinski definition) is 8. The molecule has 0 bridgehead atoms. The van der Waals surface area contributed by atoms with Gasteiger partial charge in [0.25, 0.3) is 5.91 Å². The van der Waals surface area contributed by atoms with Gasteiger partial charge in [-0.05, 0) is 85.7 Å². The Hall–Kier alpha value is -4.09. The van der Waals surface area contributed by atoms with Gasteiger partial charge in [-0.1, -0.05) is 48.6 Å². The van der Waals surface area contributed by atoms with Gasteiger partial charge in [0.05, 0.1) is 21.1 Å². The first kappa shape index (κ1) is 29.0. The largest absolute Gasteiger partial charge is 0.384 e. The van der Waals surface area contributed by atoms with Gasteiger partial charge in [0.2, 0.25) is 0 Å². The number of nitrogens with two attached hydrogens (primary N) is 1. The van der Waals surface area contributed by atoms with E-state index in [-0.39, 0.29) is 17.8 Å². The van der Waals surface area contributed by atoms with E-state index in [1.165, 1.54) is 23.3 Å². The number of amidine groups is 1. The van der Waals surface area contributed by atoms with Crippen LogP contribution in [0.1, 0.15) is 51.1 Å². The third kappa shape index (κ3) is 7.29. The van der Waals surface area contributed by atoms with Crippen LogP contribution in [0.15, 0.2) is 101 Å². The number of carbonyl (C=O) groups excluding carboxylic acids is 1. The van der Waals surface area contributed by atoms with Crippen molar-refractivity contribution in [1.82, 2.24) is 9.71 Å². The maximum Gasteiger partial charge on any atom is 0.265 e. The van der Waals surface area contributed by atoms with E-state index < -0.39 is 0 Å². The summed E-state index contributed by atoms with van der Waals surface area (Å²) in [5.74, 6) is -0.0944. The first-order chi connectivity index (χ1) is 21.0. The standard InChI is InChI=1S/C33H30N6OS3/c34-30(35)22-11-7-9-21(17-22)18-27(33-38-26-14-4-5-15-28(26)41-33)39-43-25-13-8-12-24(20-25)37-31(40)29-19-23-10-3-1-2-6-16-36-32(23)42-29/h4-17,19-20,27,39H,1-3,18H2,(H3,34,35)(H,37,40)/b16-6-,23-10-,36-32+. The molecule has 3 aromatic carbocycles. The predicted octanol–water partition coefficient (Wildman–Crippen LogP) is 6.57. The summed E-state index contributed by atoms with van der Waals surface area (Å²) in [6.45, 7) is 0. The molecule has 43 heavy (non-hydrogen) atoms. The molecule has 216 valence electrons. The molecule has 0 saturated heterocycles. The van der Waals surface area contributed by atoms with E-state index in [1.54, 1.807) is 11.3 Å². The fourth-order valence-corrected chi connectivity index (χ4v) is 7.54. The number of nitrogens with zero attached hydrogens (tertiary/aromatic N) is 2. The van der Waals surface area contributed by atoms with Crippen molar-refractivity contribution < 1.29 is 4.79 Å². The minimum absolute atomic E-state index is 0.0492. The van der Waals surface area contributed by atoms with Crippen molar-refractivity contribution in [1.29, 1.82) is 5.41 Å². The molecule has 0 spiro atoms. The third-order valence-corrected chi connectivity index (χ3v) is 10.00. The van der Waals surface area contributed by atoms with E-state index >= 15 is 0 Å². The van der Waals surface area contributed by atoms with Crippen molar-refractivity contribution in [3.05, 3.63) is 122 Å². The van der Waals surface area contributed by atoms with Crippen LogP contribution < -0.4 is 25.7 Å². The molecule has 2 aromatic heterocycles. The Balaban J connectivity index is 1.20. The molecule has 1 aliphatic heterocycles. The lowest BCUT2D eigenvalue weighted by molar-refractivity contribution is 0.103. The number of benzene rings is 3.